The van der Waals surface area contributed by atoms with Crippen LogP contribution in [-0.2, 0) is 0 Å². The first-order valence-electron chi connectivity index (χ1n) is 5.23. The predicted octanol–water partition coefficient (Wildman–Crippen LogP) is 2.94. The number of nitrogens with zero attached hydrogens (tertiary/aromatic N) is 1. The highest BCUT2D eigenvalue weighted by Crippen LogP contribution is 2.36. The van der Waals surface area contributed by atoms with Crippen molar-refractivity contribution in [3.8, 4) is 5.75 Å². The van der Waals surface area contributed by atoms with Gasteiger partial charge in [0.2, 0.25) is 0 Å². The second-order valence-electron chi connectivity index (χ2n) is 3.42. The van der Waals surface area contributed by atoms with Crippen LogP contribution >= 0.6 is 23.1 Å². The highest BCUT2D eigenvalue weighted by atomic mass is 32.2. The van der Waals surface area contributed by atoms with Crippen LogP contribution in [0.5, 0.6) is 5.75 Å². The maximum Gasteiger partial charge on any atom is 0.150 e. The zero-order valence-corrected chi connectivity index (χ0v) is 11.1. The minimum Gasteiger partial charge on any atom is -0.497 e. The fourth-order valence-electron chi connectivity index (χ4n) is 1.48. The Balaban J connectivity index is 2.16. The van der Waals surface area contributed by atoms with E-state index in [0.717, 1.165) is 10.1 Å². The minimum atomic E-state index is 0.219. The van der Waals surface area contributed by atoms with Crippen molar-refractivity contribution in [2.45, 2.75) is 9.59 Å². The van der Waals surface area contributed by atoms with Gasteiger partial charge >= 0.3 is 0 Å². The van der Waals surface area contributed by atoms with E-state index >= 15 is 0 Å². The summed E-state index contributed by atoms with van der Waals surface area (Å²) in [6.07, 6.45) is 1.81. The smallest absolute Gasteiger partial charge is 0.150 e. The maximum absolute atomic E-state index is 5.83. The molecular weight excluding hydrogens is 252 g/mol. The van der Waals surface area contributed by atoms with E-state index in [1.54, 1.807) is 30.2 Å². The molecule has 1 aromatic heterocycles. The van der Waals surface area contributed by atoms with Gasteiger partial charge in [-0.2, -0.15) is 0 Å². The Hall–Kier alpha value is -1.04. The molecule has 0 aliphatic heterocycles. The van der Waals surface area contributed by atoms with Crippen molar-refractivity contribution in [1.82, 2.24) is 4.98 Å². The highest BCUT2D eigenvalue weighted by molar-refractivity contribution is 8.01. The lowest BCUT2D eigenvalue weighted by molar-refractivity contribution is 0.414. The minimum absolute atomic E-state index is 0.219. The second kappa shape index (κ2) is 6.05. The number of thioether (sulfide) groups is 1. The van der Waals surface area contributed by atoms with Crippen molar-refractivity contribution < 1.29 is 4.74 Å². The molecule has 2 rings (SSSR count). The number of aromatic nitrogens is 1. The first-order chi connectivity index (χ1) is 8.33. The molecule has 1 atom stereocenters. The zero-order chi connectivity index (χ0) is 12.1. The monoisotopic (exact) mass is 266 g/mol. The molecule has 5 heteroatoms. The largest absolute Gasteiger partial charge is 0.497 e. The van der Waals surface area contributed by atoms with Crippen molar-refractivity contribution >= 4 is 23.1 Å². The summed E-state index contributed by atoms with van der Waals surface area (Å²) in [5, 5.41) is 2.19. The Morgan fingerprint density at radius 1 is 1.53 bits per heavy atom. The Kier molecular flexibility index (Phi) is 4.42. The summed E-state index contributed by atoms with van der Waals surface area (Å²) in [5.41, 5.74) is 7.00. The number of ether oxygens (including phenoxy) is 1. The summed E-state index contributed by atoms with van der Waals surface area (Å²) < 4.78 is 6.27. The lowest BCUT2D eigenvalue weighted by Gasteiger charge is -2.13. The van der Waals surface area contributed by atoms with Crippen LogP contribution in [0.15, 0.2) is 40.2 Å². The van der Waals surface area contributed by atoms with E-state index in [9.17, 15) is 0 Å². The van der Waals surface area contributed by atoms with Gasteiger partial charge in [0.1, 0.15) is 10.1 Å². The van der Waals surface area contributed by atoms with Crippen molar-refractivity contribution in [3.63, 3.8) is 0 Å². The predicted molar refractivity (Wildman–Crippen MR) is 72.8 cm³/mol. The number of benzene rings is 1. The van der Waals surface area contributed by atoms with Crippen LogP contribution in [0.25, 0.3) is 0 Å². The molecule has 17 heavy (non-hydrogen) atoms. The molecule has 0 amide bonds. The maximum atomic E-state index is 5.83. The third-order valence-electron chi connectivity index (χ3n) is 2.33. The van der Waals surface area contributed by atoms with Gasteiger partial charge in [-0.3, -0.25) is 0 Å². The van der Waals surface area contributed by atoms with E-state index < -0.39 is 0 Å². The molecule has 1 heterocycles. The zero-order valence-electron chi connectivity index (χ0n) is 9.50. The number of methoxy groups -OCH3 is 1. The second-order valence-corrected chi connectivity index (χ2v) is 5.76. The van der Waals surface area contributed by atoms with Gasteiger partial charge in [-0.15, -0.1) is 11.3 Å². The average molecular weight is 266 g/mol. The van der Waals surface area contributed by atoms with Crippen LogP contribution in [0.3, 0.4) is 0 Å². The molecule has 1 aromatic carbocycles. The van der Waals surface area contributed by atoms with E-state index in [1.807, 2.05) is 29.8 Å². The molecule has 0 fully saturated rings. The normalized spacial score (nSPS) is 12.4. The van der Waals surface area contributed by atoms with Crippen LogP contribution in [-0.4, -0.2) is 18.6 Å². The summed E-state index contributed by atoms with van der Waals surface area (Å²) in [5.74, 6) is 0.862. The van der Waals surface area contributed by atoms with Gasteiger partial charge in [0.15, 0.2) is 0 Å². The lowest BCUT2D eigenvalue weighted by Crippen LogP contribution is -2.09. The highest BCUT2D eigenvalue weighted by Gasteiger charge is 2.13. The molecule has 90 valence electrons. The summed E-state index contributed by atoms with van der Waals surface area (Å²) in [6.45, 7) is 0.581. The number of nitrogens with two attached hydrogens (primary N) is 1. The van der Waals surface area contributed by atoms with Gasteiger partial charge < -0.3 is 10.5 Å². The van der Waals surface area contributed by atoms with E-state index in [4.69, 9.17) is 10.5 Å². The quantitative estimate of drug-likeness (QED) is 0.845. The molecule has 0 spiro atoms. The fraction of sp³-hybridized carbons (Fsp3) is 0.250. The SMILES string of the molecule is COc1cccc(C(CN)Sc2nccs2)c1. The fourth-order valence-corrected chi connectivity index (χ4v) is 3.33. The molecule has 0 radical (unpaired) electrons. The number of hydrogen-bond donors (Lipinski definition) is 1. The lowest BCUT2D eigenvalue weighted by atomic mass is 10.1. The van der Waals surface area contributed by atoms with Crippen LogP contribution in [0.4, 0.5) is 0 Å². The molecule has 1 unspecified atom stereocenters. The van der Waals surface area contributed by atoms with Crippen molar-refractivity contribution in [1.29, 1.82) is 0 Å². The van der Waals surface area contributed by atoms with Crippen LogP contribution < -0.4 is 10.5 Å². The molecule has 2 aromatic rings. The van der Waals surface area contributed by atoms with Crippen LogP contribution in [0.2, 0.25) is 0 Å². The third kappa shape index (κ3) is 3.21. The van der Waals surface area contributed by atoms with Gasteiger partial charge in [0, 0.05) is 23.4 Å². The molecule has 0 bridgehead atoms. The Morgan fingerprint density at radius 2 is 2.41 bits per heavy atom. The van der Waals surface area contributed by atoms with Gasteiger partial charge in [0.05, 0.1) is 7.11 Å². The molecule has 0 saturated heterocycles. The Bertz CT molecular complexity index is 459. The number of hydrogen-bond acceptors (Lipinski definition) is 5. The van der Waals surface area contributed by atoms with Crippen molar-refractivity contribution in [2.24, 2.45) is 5.73 Å². The van der Waals surface area contributed by atoms with E-state index in [1.165, 1.54) is 5.56 Å². The van der Waals surface area contributed by atoms with E-state index in [0.29, 0.717) is 6.54 Å². The summed E-state index contributed by atoms with van der Waals surface area (Å²) >= 11 is 3.33. The van der Waals surface area contributed by atoms with Gasteiger partial charge in [-0.1, -0.05) is 23.9 Å². The van der Waals surface area contributed by atoms with Crippen molar-refractivity contribution in [2.75, 3.05) is 13.7 Å². The van der Waals surface area contributed by atoms with Crippen LogP contribution in [0.1, 0.15) is 10.8 Å². The Labute approximate surface area is 109 Å². The van der Waals surface area contributed by atoms with E-state index in [2.05, 4.69) is 11.1 Å². The van der Waals surface area contributed by atoms with Crippen molar-refractivity contribution in [3.05, 3.63) is 41.4 Å². The standard InChI is InChI=1S/C12H14N2OS2/c1-15-10-4-2-3-9(7-10)11(8-13)17-12-14-5-6-16-12/h2-7,11H,8,13H2,1H3. The molecule has 2 N–H and O–H groups in total. The first-order valence-corrected chi connectivity index (χ1v) is 6.99. The molecule has 0 aliphatic rings. The number of rotatable bonds is 5. The van der Waals surface area contributed by atoms with E-state index in [-0.39, 0.29) is 5.25 Å². The first kappa shape index (κ1) is 12.4. The van der Waals surface area contributed by atoms with Crippen LogP contribution in [0, 0.1) is 0 Å². The third-order valence-corrected chi connectivity index (χ3v) is 4.53. The molecule has 3 nitrogen and oxygen atoms in total. The summed E-state index contributed by atoms with van der Waals surface area (Å²) in [4.78, 5) is 4.27. The Morgan fingerprint density at radius 3 is 3.06 bits per heavy atom. The molecular formula is C12H14N2OS2. The summed E-state index contributed by atoms with van der Waals surface area (Å²) in [7, 11) is 1.67. The average Bonchev–Trinajstić information content (AvgIpc) is 2.89. The topological polar surface area (TPSA) is 48.1 Å². The van der Waals surface area contributed by atoms with Gasteiger partial charge in [-0.25, -0.2) is 4.98 Å². The van der Waals surface area contributed by atoms with Gasteiger partial charge in [0.25, 0.3) is 0 Å². The number of thiazole rings is 1. The molecule has 0 saturated carbocycles. The van der Waals surface area contributed by atoms with Gasteiger partial charge in [-0.05, 0) is 17.7 Å². The summed E-state index contributed by atoms with van der Waals surface area (Å²) in [6, 6.07) is 8.02. The molecule has 0 aliphatic carbocycles.